The number of nitrogens with one attached hydrogen (secondary N) is 2. The average Bonchev–Trinajstić information content (AvgIpc) is 2.82. The molecule has 1 unspecified atom stereocenters. The second kappa shape index (κ2) is 9.82. The molecule has 4 rings (SSSR count). The highest BCUT2D eigenvalue weighted by molar-refractivity contribution is 7.80. The Hall–Kier alpha value is -3.43. The number of benzene rings is 3. The second-order valence-electron chi connectivity index (χ2n) is 7.91. The van der Waals surface area contributed by atoms with Crippen LogP contribution in [0.25, 0.3) is 33.4 Å². The van der Waals surface area contributed by atoms with Crippen LogP contribution in [0.1, 0.15) is 5.56 Å². The third-order valence-electron chi connectivity index (χ3n) is 5.55. The van der Waals surface area contributed by atoms with Crippen molar-refractivity contribution in [3.63, 3.8) is 0 Å². The van der Waals surface area contributed by atoms with Crippen molar-refractivity contribution in [1.29, 1.82) is 0 Å². The molecule has 0 saturated heterocycles. The number of carbonyl (C=O) groups excluding carboxylic acids is 1. The molecule has 1 aliphatic heterocycles. The summed E-state index contributed by atoms with van der Waals surface area (Å²) in [6, 6.07) is 11.8. The average molecular weight is 484 g/mol. The Labute approximate surface area is 199 Å². The molecule has 1 amide bonds. The minimum absolute atomic E-state index is 0.156. The van der Waals surface area contributed by atoms with E-state index >= 15 is 4.39 Å². The topological polar surface area (TPSA) is 97.4 Å². The van der Waals surface area contributed by atoms with Crippen molar-refractivity contribution in [1.82, 2.24) is 5.32 Å². The third kappa shape index (κ3) is 4.62. The molecule has 2 aliphatic rings. The molecule has 1 heterocycles. The van der Waals surface area contributed by atoms with Crippen LogP contribution in [0.15, 0.2) is 57.7 Å². The van der Waals surface area contributed by atoms with E-state index in [4.69, 9.17) is 10.2 Å². The van der Waals surface area contributed by atoms with Crippen molar-refractivity contribution < 1.29 is 18.0 Å². The SMILES string of the molecule is Cc1ccccc1-c1c2cc(F)c(=O)cc-2oc2cc(NCCNC(=O)C(N)CS)c(F)cc12. The zero-order valence-corrected chi connectivity index (χ0v) is 19.2. The zero-order chi connectivity index (χ0) is 24.4. The molecule has 34 heavy (non-hydrogen) atoms. The van der Waals surface area contributed by atoms with E-state index in [0.717, 1.165) is 23.3 Å². The monoisotopic (exact) mass is 483 g/mol. The van der Waals surface area contributed by atoms with Crippen molar-refractivity contribution >= 4 is 35.2 Å². The number of halogens is 2. The normalized spacial score (nSPS) is 12.1. The molecule has 1 aliphatic carbocycles. The summed E-state index contributed by atoms with van der Waals surface area (Å²) in [7, 11) is 0. The standard InChI is InChI=1S/C25H23F2N3O3S/c1-13-4-2-3-5-14(13)24-15-8-17(26)20(29-6-7-30-25(32)19(28)12-34)10-22(15)33-23-11-21(31)18(27)9-16(23)24/h2-5,8-11,19,29,34H,6-7,12,28H2,1H3,(H,30,32). The third-order valence-corrected chi connectivity index (χ3v) is 5.94. The van der Waals surface area contributed by atoms with Gasteiger partial charge in [0.2, 0.25) is 11.3 Å². The maximum atomic E-state index is 15.1. The molecule has 9 heteroatoms. The molecule has 0 bridgehead atoms. The number of aryl methyl sites for hydroxylation is 1. The maximum absolute atomic E-state index is 15.1. The van der Waals surface area contributed by atoms with Crippen LogP contribution < -0.4 is 21.8 Å². The Bertz CT molecular complexity index is 1410. The van der Waals surface area contributed by atoms with E-state index in [0.29, 0.717) is 22.1 Å². The lowest BCUT2D eigenvalue weighted by atomic mass is 9.91. The van der Waals surface area contributed by atoms with E-state index in [9.17, 15) is 14.0 Å². The number of anilines is 1. The first-order chi connectivity index (χ1) is 16.3. The Balaban J connectivity index is 1.77. The van der Waals surface area contributed by atoms with Crippen LogP contribution in [0.3, 0.4) is 0 Å². The van der Waals surface area contributed by atoms with Gasteiger partial charge < -0.3 is 20.8 Å². The number of fused-ring (bicyclic) bond motifs is 2. The molecule has 0 radical (unpaired) electrons. The lowest BCUT2D eigenvalue weighted by molar-refractivity contribution is -0.121. The van der Waals surface area contributed by atoms with E-state index in [2.05, 4.69) is 23.3 Å². The molecule has 0 aromatic heterocycles. The first-order valence-corrected chi connectivity index (χ1v) is 11.3. The minimum atomic E-state index is -0.907. The highest BCUT2D eigenvalue weighted by Crippen LogP contribution is 2.42. The molecule has 0 fully saturated rings. The Kier molecular flexibility index (Phi) is 6.85. The van der Waals surface area contributed by atoms with Gasteiger partial charge in [-0.1, -0.05) is 24.3 Å². The van der Waals surface area contributed by atoms with Gasteiger partial charge in [-0.2, -0.15) is 12.6 Å². The highest BCUT2D eigenvalue weighted by atomic mass is 32.1. The number of amides is 1. The van der Waals surface area contributed by atoms with Gasteiger partial charge >= 0.3 is 0 Å². The number of hydrogen-bond donors (Lipinski definition) is 4. The first-order valence-electron chi connectivity index (χ1n) is 10.6. The zero-order valence-electron chi connectivity index (χ0n) is 18.3. The fourth-order valence-corrected chi connectivity index (χ4v) is 3.95. The fraction of sp³-hybridized carbons (Fsp3) is 0.200. The molecule has 0 spiro atoms. The molecule has 2 aromatic rings. The summed E-state index contributed by atoms with van der Waals surface area (Å²) in [6.07, 6.45) is 0. The van der Waals surface area contributed by atoms with E-state index < -0.39 is 23.1 Å². The van der Waals surface area contributed by atoms with Crippen LogP contribution >= 0.6 is 12.6 Å². The summed E-state index contributed by atoms with van der Waals surface area (Å²) >= 11 is 3.98. The smallest absolute Gasteiger partial charge is 0.237 e. The van der Waals surface area contributed by atoms with E-state index in [-0.39, 0.29) is 36.2 Å². The molecule has 0 saturated carbocycles. The van der Waals surface area contributed by atoms with Crippen molar-refractivity contribution in [2.75, 3.05) is 24.2 Å². The summed E-state index contributed by atoms with van der Waals surface area (Å²) < 4.78 is 35.2. The van der Waals surface area contributed by atoms with E-state index in [1.54, 1.807) is 0 Å². The highest BCUT2D eigenvalue weighted by Gasteiger charge is 2.22. The predicted molar refractivity (Wildman–Crippen MR) is 133 cm³/mol. The maximum Gasteiger partial charge on any atom is 0.237 e. The second-order valence-corrected chi connectivity index (χ2v) is 8.27. The molecule has 2 aromatic carbocycles. The van der Waals surface area contributed by atoms with Gasteiger partial charge in [0.1, 0.15) is 17.2 Å². The predicted octanol–water partition coefficient (Wildman–Crippen LogP) is 3.94. The minimum Gasteiger partial charge on any atom is -0.456 e. The van der Waals surface area contributed by atoms with Gasteiger partial charge in [-0.05, 0) is 30.2 Å². The van der Waals surface area contributed by atoms with Crippen LogP contribution in [0.4, 0.5) is 14.5 Å². The van der Waals surface area contributed by atoms with Crippen molar-refractivity contribution in [3.05, 3.63) is 76.0 Å². The van der Waals surface area contributed by atoms with Gasteiger partial charge in [0.05, 0.1) is 11.7 Å². The number of carbonyl (C=O) groups is 1. The van der Waals surface area contributed by atoms with Gasteiger partial charge in [0, 0.05) is 47.5 Å². The van der Waals surface area contributed by atoms with Gasteiger partial charge in [-0.3, -0.25) is 9.59 Å². The lowest BCUT2D eigenvalue weighted by Gasteiger charge is -2.18. The summed E-state index contributed by atoms with van der Waals surface area (Å²) in [6.45, 7) is 2.36. The number of rotatable bonds is 7. The van der Waals surface area contributed by atoms with Gasteiger partial charge in [-0.15, -0.1) is 0 Å². The molecular weight excluding hydrogens is 460 g/mol. The van der Waals surface area contributed by atoms with E-state index in [1.165, 1.54) is 12.1 Å². The summed E-state index contributed by atoms with van der Waals surface area (Å²) in [5, 5.41) is 6.01. The molecule has 4 N–H and O–H groups in total. The number of thiol groups is 1. The Morgan fingerprint density at radius 2 is 1.85 bits per heavy atom. The van der Waals surface area contributed by atoms with Gasteiger partial charge in [-0.25, -0.2) is 8.78 Å². The summed E-state index contributed by atoms with van der Waals surface area (Å²) in [4.78, 5) is 23.7. The number of hydrogen-bond acceptors (Lipinski definition) is 6. The largest absolute Gasteiger partial charge is 0.456 e. The molecule has 176 valence electrons. The van der Waals surface area contributed by atoms with Crippen LogP contribution in [0.2, 0.25) is 0 Å². The first kappa shape index (κ1) is 23.7. The van der Waals surface area contributed by atoms with Crippen LogP contribution in [-0.2, 0) is 4.79 Å². The quantitative estimate of drug-likeness (QED) is 0.181. The molecule has 1 atom stereocenters. The van der Waals surface area contributed by atoms with E-state index in [1.807, 2.05) is 31.2 Å². The molecule has 6 nitrogen and oxygen atoms in total. The fourth-order valence-electron chi connectivity index (χ4n) is 3.79. The Morgan fingerprint density at radius 1 is 1.09 bits per heavy atom. The Morgan fingerprint density at radius 3 is 2.59 bits per heavy atom. The number of nitrogens with two attached hydrogens (primary N) is 1. The van der Waals surface area contributed by atoms with Gasteiger partial charge in [0.15, 0.2) is 5.82 Å². The van der Waals surface area contributed by atoms with Crippen LogP contribution in [0, 0.1) is 18.6 Å². The van der Waals surface area contributed by atoms with Crippen molar-refractivity contribution in [2.24, 2.45) is 5.73 Å². The van der Waals surface area contributed by atoms with Crippen molar-refractivity contribution in [3.8, 4) is 22.5 Å². The summed E-state index contributed by atoms with van der Waals surface area (Å²) in [5.74, 6) is -1.39. The molecular formula is C25H23F2N3O3S. The van der Waals surface area contributed by atoms with Crippen LogP contribution in [-0.4, -0.2) is 30.8 Å². The summed E-state index contributed by atoms with van der Waals surface area (Å²) in [5.41, 5.74) is 7.92. The lowest BCUT2D eigenvalue weighted by Crippen LogP contribution is -2.43. The van der Waals surface area contributed by atoms with Crippen LogP contribution in [0.5, 0.6) is 0 Å². The van der Waals surface area contributed by atoms with Gasteiger partial charge in [0.25, 0.3) is 0 Å². The van der Waals surface area contributed by atoms with Crippen molar-refractivity contribution in [2.45, 2.75) is 13.0 Å².